The summed E-state index contributed by atoms with van der Waals surface area (Å²) in [6.07, 6.45) is 6.66. The number of halogens is 3. The molecule has 7 rings (SSSR count). The number of nitriles is 1. The Balaban J connectivity index is 0.911. The lowest BCUT2D eigenvalue weighted by Gasteiger charge is -2.36. The number of anilines is 4. The Kier molecular flexibility index (Phi) is 11.9. The van der Waals surface area contributed by atoms with Gasteiger partial charge in [-0.2, -0.15) is 23.5 Å². The number of piperidine rings is 2. The number of rotatable bonds is 11. The predicted molar refractivity (Wildman–Crippen MR) is 224 cm³/mol. The molecule has 310 valence electrons. The highest BCUT2D eigenvalue weighted by Crippen LogP contribution is 2.40. The third kappa shape index (κ3) is 8.20. The number of carbonyl (C=O) groups is 3. The molecule has 3 aliphatic rings. The zero-order valence-electron chi connectivity index (χ0n) is 33.3. The first-order chi connectivity index (χ1) is 28.3. The van der Waals surface area contributed by atoms with Gasteiger partial charge in [-0.1, -0.05) is 0 Å². The van der Waals surface area contributed by atoms with Gasteiger partial charge in [-0.15, -0.1) is 0 Å². The molecule has 0 saturated carbocycles. The summed E-state index contributed by atoms with van der Waals surface area (Å²) in [7, 11) is 1.56. The van der Waals surface area contributed by atoms with Gasteiger partial charge in [0.2, 0.25) is 0 Å². The molecule has 3 amide bonds. The summed E-state index contributed by atoms with van der Waals surface area (Å²) in [5.41, 5.74) is 0.373. The lowest BCUT2D eigenvalue weighted by atomic mass is 9.92. The Labute approximate surface area is 346 Å². The minimum Gasteiger partial charge on any atom is -0.372 e. The molecule has 13 nitrogen and oxygen atoms in total. The number of alkyl halides is 3. The van der Waals surface area contributed by atoms with Crippen LogP contribution >= 0.6 is 12.2 Å². The van der Waals surface area contributed by atoms with Crippen LogP contribution in [0.4, 0.5) is 40.7 Å². The van der Waals surface area contributed by atoms with Crippen LogP contribution in [0.1, 0.15) is 69.5 Å². The molecule has 2 aromatic carbocycles. The van der Waals surface area contributed by atoms with Gasteiger partial charge in [0.15, 0.2) is 5.11 Å². The van der Waals surface area contributed by atoms with E-state index >= 15 is 0 Å². The van der Waals surface area contributed by atoms with Crippen molar-refractivity contribution in [3.8, 4) is 6.07 Å². The van der Waals surface area contributed by atoms with Gasteiger partial charge in [-0.05, 0) is 113 Å². The van der Waals surface area contributed by atoms with Gasteiger partial charge in [0.05, 0.1) is 58.7 Å². The molecule has 4 aromatic rings. The van der Waals surface area contributed by atoms with Crippen LogP contribution in [0.25, 0.3) is 10.9 Å². The van der Waals surface area contributed by atoms with Gasteiger partial charge >= 0.3 is 12.2 Å². The van der Waals surface area contributed by atoms with Gasteiger partial charge in [0.25, 0.3) is 5.91 Å². The Hall–Kier alpha value is -5.60. The second-order valence-electron chi connectivity index (χ2n) is 15.8. The zero-order chi connectivity index (χ0) is 42.1. The number of hydrogen-bond acceptors (Lipinski definition) is 9. The number of aldehydes is 1. The topological polar surface area (TPSA) is 134 Å². The van der Waals surface area contributed by atoms with Crippen LogP contribution in [-0.2, 0) is 15.8 Å². The molecular weight excluding hydrogens is 782 g/mol. The quantitative estimate of drug-likeness (QED) is 0.126. The van der Waals surface area contributed by atoms with E-state index in [2.05, 4.69) is 20.1 Å². The standard InChI is InChI=1S/C42H47F3N10O3S/c1-41(2)38(57)53(33-6-5-29(24-46)35(23-33)42(43,44)45)40(59)54(41)31-9-7-30(8-10-31)51-20-12-28(13-21-51)11-17-50-18-14-32(15-19-50)55-37-27-48-26-36(34(37)25-49-55)52(16-4-22-56)39(58)47-3/h5-10,22-23,25-28,32H,4,11-21H2,1-3H3,(H,47,58). The van der Waals surface area contributed by atoms with Gasteiger partial charge in [0, 0.05) is 63.0 Å². The van der Waals surface area contributed by atoms with E-state index in [9.17, 15) is 32.8 Å². The first kappa shape index (κ1) is 41.6. The number of hydrogen-bond donors (Lipinski definition) is 1. The van der Waals surface area contributed by atoms with E-state index < -0.39 is 28.7 Å². The number of thiocarbonyl (C=S) groups is 1. The second kappa shape index (κ2) is 16.9. The molecule has 0 radical (unpaired) electrons. The third-order valence-electron chi connectivity index (χ3n) is 11.9. The van der Waals surface area contributed by atoms with Crippen molar-refractivity contribution >= 4 is 69.2 Å². The average Bonchev–Trinajstić information content (AvgIpc) is 3.75. The van der Waals surface area contributed by atoms with E-state index in [0.29, 0.717) is 17.3 Å². The molecule has 0 aliphatic carbocycles. The highest BCUT2D eigenvalue weighted by atomic mass is 32.1. The number of carbonyl (C=O) groups excluding carboxylic acids is 3. The first-order valence-electron chi connectivity index (χ1n) is 19.9. The lowest BCUT2D eigenvalue weighted by molar-refractivity contribution is -0.137. The van der Waals surface area contributed by atoms with Crippen molar-refractivity contribution < 1.29 is 27.6 Å². The van der Waals surface area contributed by atoms with Crippen molar-refractivity contribution in [1.82, 2.24) is 25.0 Å². The molecule has 0 spiro atoms. The maximum Gasteiger partial charge on any atom is 0.417 e. The van der Waals surface area contributed by atoms with Crippen LogP contribution in [0, 0.1) is 17.2 Å². The van der Waals surface area contributed by atoms with Gasteiger partial charge in [-0.3, -0.25) is 24.3 Å². The molecule has 1 N–H and O–H groups in total. The highest BCUT2D eigenvalue weighted by molar-refractivity contribution is 7.81. The normalized spacial score (nSPS) is 18.1. The average molecular weight is 829 g/mol. The zero-order valence-corrected chi connectivity index (χ0v) is 34.1. The summed E-state index contributed by atoms with van der Waals surface area (Å²) in [5.74, 6) is 0.152. The Morgan fingerprint density at radius 1 is 1.02 bits per heavy atom. The first-order valence-corrected chi connectivity index (χ1v) is 20.3. The highest BCUT2D eigenvalue weighted by Gasteiger charge is 2.50. The van der Waals surface area contributed by atoms with E-state index in [0.717, 1.165) is 105 Å². The minimum atomic E-state index is -4.77. The van der Waals surface area contributed by atoms with Crippen molar-refractivity contribution in [3.63, 3.8) is 0 Å². The number of benzene rings is 2. The van der Waals surface area contributed by atoms with E-state index in [1.165, 1.54) is 11.0 Å². The number of amides is 3. The maximum atomic E-state index is 13.8. The monoisotopic (exact) mass is 828 g/mol. The molecule has 0 bridgehead atoms. The maximum absolute atomic E-state index is 13.8. The number of fused-ring (bicyclic) bond motifs is 1. The molecule has 5 heterocycles. The summed E-state index contributed by atoms with van der Waals surface area (Å²) >= 11 is 5.71. The van der Waals surface area contributed by atoms with Crippen LogP contribution < -0.4 is 24.9 Å². The third-order valence-corrected chi connectivity index (χ3v) is 12.3. The number of nitrogens with one attached hydrogen (secondary N) is 1. The molecule has 59 heavy (non-hydrogen) atoms. The molecule has 3 fully saturated rings. The van der Waals surface area contributed by atoms with Crippen molar-refractivity contribution in [2.75, 3.05) is 65.9 Å². The summed E-state index contributed by atoms with van der Waals surface area (Å²) in [6, 6.07) is 12.5. The van der Waals surface area contributed by atoms with Gasteiger partial charge in [-0.25, -0.2) is 4.79 Å². The van der Waals surface area contributed by atoms with Crippen LogP contribution in [0.5, 0.6) is 0 Å². The molecule has 0 atom stereocenters. The molecule has 2 aromatic heterocycles. The number of urea groups is 1. The summed E-state index contributed by atoms with van der Waals surface area (Å²) < 4.78 is 43.3. The fraction of sp³-hybridized carbons (Fsp3) is 0.452. The van der Waals surface area contributed by atoms with Crippen molar-refractivity contribution in [2.45, 2.75) is 70.1 Å². The Morgan fingerprint density at radius 3 is 2.34 bits per heavy atom. The minimum absolute atomic E-state index is 0.0392. The number of likely N-dealkylation sites (tertiary alicyclic amines) is 1. The van der Waals surface area contributed by atoms with Crippen molar-refractivity contribution in [3.05, 3.63) is 72.2 Å². The van der Waals surface area contributed by atoms with Gasteiger partial charge in [0.1, 0.15) is 11.8 Å². The Bertz CT molecular complexity index is 2260. The van der Waals surface area contributed by atoms with E-state index in [1.807, 2.05) is 28.9 Å². The lowest BCUT2D eigenvalue weighted by Crippen LogP contribution is -2.44. The van der Waals surface area contributed by atoms with Crippen LogP contribution in [0.3, 0.4) is 0 Å². The number of pyridine rings is 1. The number of nitrogens with zero attached hydrogens (tertiary/aromatic N) is 9. The Morgan fingerprint density at radius 2 is 1.69 bits per heavy atom. The van der Waals surface area contributed by atoms with Gasteiger partial charge < -0.3 is 24.8 Å². The van der Waals surface area contributed by atoms with Crippen LogP contribution in [0.2, 0.25) is 0 Å². The molecule has 3 aliphatic heterocycles. The molecule has 0 unspecified atom stereocenters. The summed E-state index contributed by atoms with van der Waals surface area (Å²) in [4.78, 5) is 51.0. The molecular formula is C42H47F3N10O3S. The smallest absolute Gasteiger partial charge is 0.372 e. The van der Waals surface area contributed by atoms with E-state index in [4.69, 9.17) is 17.3 Å². The summed E-state index contributed by atoms with van der Waals surface area (Å²) in [5, 5.41) is 17.5. The summed E-state index contributed by atoms with van der Waals surface area (Å²) in [6.45, 7) is 8.45. The molecule has 17 heteroatoms. The van der Waals surface area contributed by atoms with Crippen molar-refractivity contribution in [1.29, 1.82) is 5.26 Å². The number of aromatic nitrogens is 3. The fourth-order valence-corrected chi connectivity index (χ4v) is 9.13. The molecule has 3 saturated heterocycles. The SMILES string of the molecule is CNC(=O)N(CCC=O)c1cncc2c1cnn2C1CCN(CCC2CCN(c3ccc(N4C(=S)N(c5ccc(C#N)c(C(F)(F)F)c5)C(=O)C4(C)C)cc3)CC2)CC1. The van der Waals surface area contributed by atoms with E-state index in [1.54, 1.807) is 50.5 Å². The predicted octanol–water partition coefficient (Wildman–Crippen LogP) is 6.92. The second-order valence-corrected chi connectivity index (χ2v) is 16.2. The fourth-order valence-electron chi connectivity index (χ4n) is 8.60. The van der Waals surface area contributed by atoms with E-state index in [-0.39, 0.29) is 35.8 Å². The van der Waals surface area contributed by atoms with Crippen LogP contribution in [0.15, 0.2) is 61.1 Å². The van der Waals surface area contributed by atoms with Crippen LogP contribution in [-0.4, -0.2) is 94.9 Å². The van der Waals surface area contributed by atoms with Crippen molar-refractivity contribution in [2.24, 2.45) is 5.92 Å². The largest absolute Gasteiger partial charge is 0.417 e.